The Morgan fingerprint density at radius 2 is 1.91 bits per heavy atom. The highest BCUT2D eigenvalue weighted by molar-refractivity contribution is 6.30. The Morgan fingerprint density at radius 3 is 2.52 bits per heavy atom. The number of nitrogens with zero attached hydrogens (tertiary/aromatic N) is 1. The van der Waals surface area contributed by atoms with Gasteiger partial charge >= 0.3 is 6.09 Å². The molecule has 0 bridgehead atoms. The van der Waals surface area contributed by atoms with E-state index >= 15 is 0 Å². The number of hydrogen-bond acceptors (Lipinski definition) is 4. The molecule has 0 spiro atoms. The molecule has 6 nitrogen and oxygen atoms in total. The number of amides is 2. The number of carbonyl (C=O) groups excluding carboxylic acids is 2. The summed E-state index contributed by atoms with van der Waals surface area (Å²) in [4.78, 5) is 25.2. The van der Waals surface area contributed by atoms with Gasteiger partial charge in [-0.2, -0.15) is 0 Å². The molecule has 0 atom stereocenters. The van der Waals surface area contributed by atoms with Gasteiger partial charge in [0.1, 0.15) is 5.75 Å². The van der Waals surface area contributed by atoms with Gasteiger partial charge in [-0.25, -0.2) is 4.79 Å². The van der Waals surface area contributed by atoms with Gasteiger partial charge in [-0.05, 0) is 44.0 Å². The highest BCUT2D eigenvalue weighted by atomic mass is 35.5. The monoisotopic (exact) mass is 340 g/mol. The molecule has 1 N–H and O–H groups in total. The van der Waals surface area contributed by atoms with Crippen molar-refractivity contribution in [3.05, 3.63) is 29.3 Å². The largest absolute Gasteiger partial charge is 0.484 e. The summed E-state index contributed by atoms with van der Waals surface area (Å²) in [7, 11) is 0. The second-order valence-corrected chi connectivity index (χ2v) is 5.71. The van der Waals surface area contributed by atoms with Crippen molar-refractivity contribution < 1.29 is 19.1 Å². The number of rotatable bonds is 5. The lowest BCUT2D eigenvalue weighted by Crippen LogP contribution is -2.47. The third kappa shape index (κ3) is 5.63. The van der Waals surface area contributed by atoms with Crippen LogP contribution in [0, 0.1) is 0 Å². The van der Waals surface area contributed by atoms with E-state index in [-0.39, 0.29) is 24.6 Å². The number of piperidine rings is 1. The molecule has 1 aliphatic rings. The normalized spacial score (nSPS) is 15.1. The van der Waals surface area contributed by atoms with E-state index in [0.717, 1.165) is 0 Å². The van der Waals surface area contributed by atoms with Gasteiger partial charge in [-0.3, -0.25) is 4.79 Å². The van der Waals surface area contributed by atoms with Crippen molar-refractivity contribution in [1.82, 2.24) is 10.2 Å². The fourth-order valence-corrected chi connectivity index (χ4v) is 2.50. The molecule has 0 unspecified atom stereocenters. The molecule has 1 fully saturated rings. The van der Waals surface area contributed by atoms with Crippen LogP contribution in [0.5, 0.6) is 5.75 Å². The number of likely N-dealkylation sites (tertiary alicyclic amines) is 1. The van der Waals surface area contributed by atoms with Crippen molar-refractivity contribution in [2.75, 3.05) is 26.3 Å². The zero-order valence-electron chi connectivity index (χ0n) is 13.1. The molecule has 7 heteroatoms. The molecule has 0 saturated carbocycles. The Hall–Kier alpha value is -1.95. The van der Waals surface area contributed by atoms with E-state index in [1.165, 1.54) is 0 Å². The van der Waals surface area contributed by atoms with Crippen LogP contribution in [0.3, 0.4) is 0 Å². The van der Waals surface area contributed by atoms with Gasteiger partial charge in [-0.15, -0.1) is 0 Å². The maximum absolute atomic E-state index is 11.9. The van der Waals surface area contributed by atoms with Crippen LogP contribution in [-0.2, 0) is 9.53 Å². The van der Waals surface area contributed by atoms with E-state index < -0.39 is 0 Å². The zero-order valence-corrected chi connectivity index (χ0v) is 13.8. The molecule has 126 valence electrons. The third-order valence-corrected chi connectivity index (χ3v) is 3.82. The van der Waals surface area contributed by atoms with Gasteiger partial charge in [0.15, 0.2) is 6.61 Å². The first kappa shape index (κ1) is 17.4. The standard InChI is InChI=1S/C16H21ClN2O4/c1-2-22-16(21)19-9-7-13(8-10-19)18-15(20)11-23-14-5-3-12(17)4-6-14/h3-6,13H,2,7-11H2,1H3,(H,18,20). The van der Waals surface area contributed by atoms with Crippen LogP contribution in [0.25, 0.3) is 0 Å². The van der Waals surface area contributed by atoms with Crippen molar-refractivity contribution in [3.8, 4) is 5.75 Å². The molecule has 0 aliphatic carbocycles. The molecule has 2 rings (SSSR count). The summed E-state index contributed by atoms with van der Waals surface area (Å²) in [6.07, 6.45) is 1.14. The molecule has 23 heavy (non-hydrogen) atoms. The Kier molecular flexibility index (Phi) is 6.52. The van der Waals surface area contributed by atoms with Gasteiger partial charge in [0.25, 0.3) is 5.91 Å². The SMILES string of the molecule is CCOC(=O)N1CCC(NC(=O)COc2ccc(Cl)cc2)CC1. The van der Waals surface area contributed by atoms with Crippen LogP contribution in [0.4, 0.5) is 4.79 Å². The zero-order chi connectivity index (χ0) is 16.7. The molecular weight excluding hydrogens is 320 g/mol. The minimum atomic E-state index is -0.289. The Balaban J connectivity index is 1.68. The van der Waals surface area contributed by atoms with Crippen LogP contribution in [0.15, 0.2) is 24.3 Å². The summed E-state index contributed by atoms with van der Waals surface area (Å²) in [5.41, 5.74) is 0. The predicted octanol–water partition coefficient (Wildman–Crippen LogP) is 2.46. The summed E-state index contributed by atoms with van der Waals surface area (Å²) in [5, 5.41) is 3.54. The van der Waals surface area contributed by atoms with Crippen molar-refractivity contribution in [2.24, 2.45) is 0 Å². The number of halogens is 1. The number of nitrogens with one attached hydrogen (secondary N) is 1. The van der Waals surface area contributed by atoms with Crippen molar-refractivity contribution >= 4 is 23.6 Å². The Labute approximate surface area is 140 Å². The van der Waals surface area contributed by atoms with E-state index in [1.54, 1.807) is 36.1 Å². The Bertz CT molecular complexity index is 527. The first-order valence-corrected chi connectivity index (χ1v) is 8.05. The minimum absolute atomic E-state index is 0.0419. The first-order valence-electron chi connectivity index (χ1n) is 7.68. The lowest BCUT2D eigenvalue weighted by Gasteiger charge is -2.31. The smallest absolute Gasteiger partial charge is 0.409 e. The Morgan fingerprint density at radius 1 is 1.26 bits per heavy atom. The van der Waals surface area contributed by atoms with Crippen molar-refractivity contribution in [1.29, 1.82) is 0 Å². The van der Waals surface area contributed by atoms with Crippen LogP contribution in [0.1, 0.15) is 19.8 Å². The van der Waals surface area contributed by atoms with E-state index in [9.17, 15) is 9.59 Å². The van der Waals surface area contributed by atoms with Gasteiger partial charge in [0, 0.05) is 24.2 Å². The summed E-state index contributed by atoms with van der Waals surface area (Å²) in [5.74, 6) is 0.427. The topological polar surface area (TPSA) is 67.9 Å². The average Bonchev–Trinajstić information content (AvgIpc) is 2.55. The number of ether oxygens (including phenoxy) is 2. The highest BCUT2D eigenvalue weighted by Crippen LogP contribution is 2.15. The van der Waals surface area contributed by atoms with E-state index in [0.29, 0.717) is 43.3 Å². The summed E-state index contributed by atoms with van der Waals surface area (Å²) < 4.78 is 10.4. The number of carbonyl (C=O) groups is 2. The summed E-state index contributed by atoms with van der Waals surface area (Å²) in [6, 6.07) is 6.91. The fraction of sp³-hybridized carbons (Fsp3) is 0.500. The molecule has 0 radical (unpaired) electrons. The second-order valence-electron chi connectivity index (χ2n) is 5.27. The quantitative estimate of drug-likeness (QED) is 0.894. The minimum Gasteiger partial charge on any atom is -0.484 e. The molecule has 1 heterocycles. The molecule has 0 aromatic heterocycles. The van der Waals surface area contributed by atoms with Crippen LogP contribution in [-0.4, -0.2) is 49.2 Å². The lowest BCUT2D eigenvalue weighted by atomic mass is 10.1. The van der Waals surface area contributed by atoms with Gasteiger partial charge in [0.2, 0.25) is 0 Å². The second kappa shape index (κ2) is 8.62. The molecule has 1 aliphatic heterocycles. The fourth-order valence-electron chi connectivity index (χ4n) is 2.37. The lowest BCUT2D eigenvalue weighted by molar-refractivity contribution is -0.124. The van der Waals surface area contributed by atoms with Gasteiger partial charge in [-0.1, -0.05) is 11.6 Å². The van der Waals surface area contributed by atoms with E-state index in [4.69, 9.17) is 21.1 Å². The maximum Gasteiger partial charge on any atom is 0.409 e. The molecule has 1 saturated heterocycles. The molecule has 2 amide bonds. The molecule has 1 aromatic carbocycles. The van der Waals surface area contributed by atoms with E-state index in [1.807, 2.05) is 0 Å². The third-order valence-electron chi connectivity index (χ3n) is 3.57. The maximum atomic E-state index is 11.9. The van der Waals surface area contributed by atoms with Crippen LogP contribution < -0.4 is 10.1 Å². The van der Waals surface area contributed by atoms with Gasteiger partial charge in [0.05, 0.1) is 6.61 Å². The first-order chi connectivity index (χ1) is 11.1. The van der Waals surface area contributed by atoms with E-state index in [2.05, 4.69) is 5.32 Å². The average molecular weight is 341 g/mol. The van der Waals surface area contributed by atoms with Gasteiger partial charge < -0.3 is 19.7 Å². The van der Waals surface area contributed by atoms with Crippen LogP contribution in [0.2, 0.25) is 5.02 Å². The highest BCUT2D eigenvalue weighted by Gasteiger charge is 2.24. The number of benzene rings is 1. The molecule has 1 aromatic rings. The molecular formula is C16H21ClN2O4. The predicted molar refractivity (Wildman–Crippen MR) is 86.7 cm³/mol. The number of hydrogen-bond donors (Lipinski definition) is 1. The summed E-state index contributed by atoms with van der Waals surface area (Å²) >= 11 is 5.79. The van der Waals surface area contributed by atoms with Crippen molar-refractivity contribution in [3.63, 3.8) is 0 Å². The summed E-state index contributed by atoms with van der Waals surface area (Å²) in [6.45, 7) is 3.28. The van der Waals surface area contributed by atoms with Crippen molar-refractivity contribution in [2.45, 2.75) is 25.8 Å². The van der Waals surface area contributed by atoms with Crippen LogP contribution >= 0.6 is 11.6 Å².